The fourth-order valence-electron chi connectivity index (χ4n) is 2.82. The van der Waals surface area contributed by atoms with Gasteiger partial charge in [-0.2, -0.15) is 0 Å². The van der Waals surface area contributed by atoms with Crippen molar-refractivity contribution in [3.63, 3.8) is 0 Å². The summed E-state index contributed by atoms with van der Waals surface area (Å²) in [5.41, 5.74) is 6.70. The monoisotopic (exact) mass is 321 g/mol. The van der Waals surface area contributed by atoms with E-state index in [1.54, 1.807) is 24.3 Å². The van der Waals surface area contributed by atoms with Gasteiger partial charge in [0.2, 0.25) is 0 Å². The van der Waals surface area contributed by atoms with Gasteiger partial charge in [-0.15, -0.1) is 4.31 Å². The maximum atomic E-state index is 12.3. The molecule has 6 nitrogen and oxygen atoms in total. The number of nitrogens with zero attached hydrogens (tertiary/aromatic N) is 2. The lowest BCUT2D eigenvalue weighted by Crippen LogP contribution is -2.45. The zero-order valence-electron chi connectivity index (χ0n) is 12.2. The Morgan fingerprint density at radius 2 is 1.68 bits per heavy atom. The Morgan fingerprint density at radius 3 is 2.23 bits per heavy atom. The second kappa shape index (κ2) is 6.37. The molecule has 1 fully saturated rings. The Morgan fingerprint density at radius 1 is 1.14 bits per heavy atom. The van der Waals surface area contributed by atoms with Gasteiger partial charge in [0.15, 0.2) is 0 Å². The van der Waals surface area contributed by atoms with Crippen LogP contribution in [0.5, 0.6) is 0 Å². The predicted molar refractivity (Wildman–Crippen MR) is 83.6 cm³/mol. The molecule has 0 aromatic heterocycles. The molecule has 1 aromatic rings. The highest BCUT2D eigenvalue weighted by molar-refractivity contribution is 7.89. The van der Waals surface area contributed by atoms with Crippen molar-refractivity contribution >= 4 is 23.2 Å². The first kappa shape index (κ1) is 15.5. The van der Waals surface area contributed by atoms with E-state index in [4.69, 9.17) is 5.73 Å². The van der Waals surface area contributed by atoms with Gasteiger partial charge in [0.1, 0.15) is 5.75 Å². The summed E-state index contributed by atoms with van der Waals surface area (Å²) < 4.78 is 14.2. The third kappa shape index (κ3) is 2.89. The molecule has 2 aliphatic rings. The lowest BCUT2D eigenvalue weighted by Gasteiger charge is -2.30. The number of fused-ring (bicyclic) bond motifs is 1. The number of piperidine rings is 1. The Kier molecular flexibility index (Phi) is 4.49. The van der Waals surface area contributed by atoms with Gasteiger partial charge in [-0.1, -0.05) is 12.1 Å². The molecule has 22 heavy (non-hydrogen) atoms. The van der Waals surface area contributed by atoms with Crippen LogP contribution in [-0.4, -0.2) is 57.0 Å². The standard InChI is InChI=1S/C15H19N3O3S/c16-11-5-7-17(8-6-11)22(21)10-9-18-14(19)12-3-1-2-4-13(12)15(18)20/h1-4,11H,5-10,16H2. The molecule has 1 atom stereocenters. The van der Waals surface area contributed by atoms with E-state index in [1.165, 1.54) is 4.90 Å². The molecule has 0 radical (unpaired) electrons. The van der Waals surface area contributed by atoms with Crippen LogP contribution in [0.3, 0.4) is 0 Å². The van der Waals surface area contributed by atoms with Gasteiger partial charge in [0, 0.05) is 30.5 Å². The second-order valence-corrected chi connectivity index (χ2v) is 7.17. The molecule has 2 aliphatic heterocycles. The van der Waals surface area contributed by atoms with E-state index < -0.39 is 11.4 Å². The minimum absolute atomic E-state index is 0.182. The molecule has 1 unspecified atom stereocenters. The topological polar surface area (TPSA) is 89.7 Å². The molecule has 2 N–H and O–H groups in total. The van der Waals surface area contributed by atoms with Gasteiger partial charge in [-0.05, 0) is 25.0 Å². The second-order valence-electron chi connectivity index (χ2n) is 5.60. The minimum atomic E-state index is -1.18. The highest BCUT2D eigenvalue weighted by atomic mass is 32.2. The number of imide groups is 1. The first-order valence-corrected chi connectivity index (χ1v) is 8.70. The molecule has 0 saturated carbocycles. The average Bonchev–Trinajstić information content (AvgIpc) is 2.78. The third-order valence-electron chi connectivity index (χ3n) is 4.15. The minimum Gasteiger partial charge on any atom is -0.598 e. The van der Waals surface area contributed by atoms with Crippen LogP contribution in [0, 0.1) is 0 Å². The van der Waals surface area contributed by atoms with Crippen molar-refractivity contribution in [2.75, 3.05) is 25.4 Å². The Balaban J connectivity index is 1.58. The zero-order valence-corrected chi connectivity index (χ0v) is 13.1. The maximum absolute atomic E-state index is 12.3. The van der Waals surface area contributed by atoms with Gasteiger partial charge >= 0.3 is 0 Å². The van der Waals surface area contributed by atoms with Crippen molar-refractivity contribution in [3.05, 3.63) is 35.4 Å². The number of carbonyl (C=O) groups is 2. The summed E-state index contributed by atoms with van der Waals surface area (Å²) in [6.07, 6.45) is 1.66. The van der Waals surface area contributed by atoms with Crippen molar-refractivity contribution in [2.24, 2.45) is 5.73 Å². The third-order valence-corrected chi connectivity index (χ3v) is 5.63. The Bertz CT molecular complexity index is 552. The van der Waals surface area contributed by atoms with E-state index in [1.807, 2.05) is 4.31 Å². The lowest BCUT2D eigenvalue weighted by molar-refractivity contribution is 0.0663. The lowest BCUT2D eigenvalue weighted by atomic mass is 10.1. The van der Waals surface area contributed by atoms with Crippen LogP contribution in [0.1, 0.15) is 33.6 Å². The molecule has 3 rings (SSSR count). The van der Waals surface area contributed by atoms with Gasteiger partial charge in [-0.3, -0.25) is 14.5 Å². The van der Waals surface area contributed by atoms with Crippen LogP contribution in [0.25, 0.3) is 0 Å². The fraction of sp³-hybridized carbons (Fsp3) is 0.467. The molecule has 2 amide bonds. The van der Waals surface area contributed by atoms with Crippen LogP contribution in [-0.2, 0) is 11.4 Å². The summed E-state index contributed by atoms with van der Waals surface area (Å²) in [5.74, 6) is -0.308. The average molecular weight is 321 g/mol. The Hall–Kier alpha value is -1.41. The summed E-state index contributed by atoms with van der Waals surface area (Å²) in [6, 6.07) is 6.96. The van der Waals surface area contributed by atoms with Crippen LogP contribution in [0.4, 0.5) is 0 Å². The van der Waals surface area contributed by atoms with E-state index in [9.17, 15) is 14.1 Å². The molecule has 7 heteroatoms. The van der Waals surface area contributed by atoms with Crippen LogP contribution in [0.2, 0.25) is 0 Å². The number of carbonyl (C=O) groups excluding carboxylic acids is 2. The molecule has 1 saturated heterocycles. The summed E-state index contributed by atoms with van der Waals surface area (Å²) in [6.45, 7) is 1.59. The zero-order chi connectivity index (χ0) is 15.7. The maximum Gasteiger partial charge on any atom is 0.261 e. The van der Waals surface area contributed by atoms with E-state index in [-0.39, 0.29) is 30.2 Å². The number of rotatable bonds is 4. The molecular weight excluding hydrogens is 302 g/mol. The number of benzene rings is 1. The molecule has 0 bridgehead atoms. The number of hydrogen-bond donors (Lipinski definition) is 1. The number of amides is 2. The smallest absolute Gasteiger partial charge is 0.261 e. The van der Waals surface area contributed by atoms with Gasteiger partial charge in [0.05, 0.1) is 17.7 Å². The first-order valence-electron chi connectivity index (χ1n) is 7.42. The van der Waals surface area contributed by atoms with Crippen molar-refractivity contribution in [3.8, 4) is 0 Å². The summed E-state index contributed by atoms with van der Waals surface area (Å²) >= 11 is -1.18. The van der Waals surface area contributed by atoms with Crippen LogP contribution < -0.4 is 5.73 Å². The Labute approximate surface area is 132 Å². The molecule has 1 aromatic carbocycles. The van der Waals surface area contributed by atoms with Crippen molar-refractivity contribution in [1.82, 2.24) is 9.21 Å². The van der Waals surface area contributed by atoms with Gasteiger partial charge in [0.25, 0.3) is 11.8 Å². The SMILES string of the molecule is NC1CCN([S+]([O-])CCN2C(=O)c3ccccc3C2=O)CC1. The first-order chi connectivity index (χ1) is 10.6. The normalized spacial score (nSPS) is 21.3. The van der Waals surface area contributed by atoms with Crippen molar-refractivity contribution in [1.29, 1.82) is 0 Å². The molecule has 0 aliphatic carbocycles. The molecule has 2 heterocycles. The summed E-state index contributed by atoms with van der Waals surface area (Å²) in [4.78, 5) is 25.6. The van der Waals surface area contributed by atoms with E-state index in [0.717, 1.165) is 12.8 Å². The summed E-state index contributed by atoms with van der Waals surface area (Å²) in [7, 11) is 0. The van der Waals surface area contributed by atoms with Crippen molar-refractivity contribution in [2.45, 2.75) is 18.9 Å². The largest absolute Gasteiger partial charge is 0.598 e. The highest BCUT2D eigenvalue weighted by Gasteiger charge is 2.36. The molecular formula is C15H19N3O3S. The molecule has 118 valence electrons. The van der Waals surface area contributed by atoms with E-state index >= 15 is 0 Å². The van der Waals surface area contributed by atoms with E-state index in [0.29, 0.717) is 24.2 Å². The molecule has 0 spiro atoms. The number of hydrogen-bond acceptors (Lipinski definition) is 5. The quantitative estimate of drug-likeness (QED) is 0.639. The van der Waals surface area contributed by atoms with Crippen LogP contribution >= 0.6 is 0 Å². The van der Waals surface area contributed by atoms with E-state index in [2.05, 4.69) is 0 Å². The van der Waals surface area contributed by atoms with Crippen molar-refractivity contribution < 1.29 is 14.1 Å². The summed E-state index contributed by atoms with van der Waals surface area (Å²) in [5, 5.41) is 0. The predicted octanol–water partition coefficient (Wildman–Crippen LogP) is 0.369. The number of nitrogens with two attached hydrogens (primary N) is 1. The highest BCUT2D eigenvalue weighted by Crippen LogP contribution is 2.22. The van der Waals surface area contributed by atoms with Crippen LogP contribution in [0.15, 0.2) is 24.3 Å². The van der Waals surface area contributed by atoms with Gasteiger partial charge in [-0.25, -0.2) is 0 Å². The van der Waals surface area contributed by atoms with Gasteiger partial charge < -0.3 is 10.3 Å². The fourth-order valence-corrected chi connectivity index (χ4v) is 4.04.